The molecule has 2 aromatic rings. The number of benzene rings is 1. The average molecular weight is 309 g/mol. The molecule has 5 heteroatoms. The lowest BCUT2D eigenvalue weighted by atomic mass is 9.86. The van der Waals surface area contributed by atoms with Gasteiger partial charge < -0.3 is 5.11 Å². The van der Waals surface area contributed by atoms with Crippen molar-refractivity contribution in [2.75, 3.05) is 0 Å². The summed E-state index contributed by atoms with van der Waals surface area (Å²) in [5.41, 5.74) is 1.43. The summed E-state index contributed by atoms with van der Waals surface area (Å²) in [6.45, 7) is 7.76. The van der Waals surface area contributed by atoms with Gasteiger partial charge in [0.1, 0.15) is 0 Å². The molecule has 0 aliphatic rings. The fourth-order valence-corrected chi connectivity index (χ4v) is 3.30. The number of aromatic nitrogens is 1. The third-order valence-electron chi connectivity index (χ3n) is 3.46. The van der Waals surface area contributed by atoms with E-state index in [0.717, 1.165) is 5.56 Å². The van der Waals surface area contributed by atoms with Gasteiger partial charge in [-0.2, -0.15) is 0 Å². The number of rotatable bonds is 3. The summed E-state index contributed by atoms with van der Waals surface area (Å²) in [6.07, 6.45) is 2.54. The zero-order valence-corrected chi connectivity index (χ0v) is 13.6. The molecule has 0 aliphatic heterocycles. The Hall–Kier alpha value is -1.27. The summed E-state index contributed by atoms with van der Waals surface area (Å²) in [4.78, 5) is 0.459. The number of hydrogen-bond donors (Lipinski definition) is 3. The van der Waals surface area contributed by atoms with Gasteiger partial charge in [0.2, 0.25) is 0 Å². The maximum Gasteiger partial charge on any atom is 0.0853 e. The monoisotopic (exact) mass is 309 g/mol. The second-order valence-corrected chi connectivity index (χ2v) is 8.34. The molecule has 2 rings (SSSR count). The Morgan fingerprint density at radius 1 is 1.05 bits per heavy atom. The SMILES string of the molecule is Cc1ccc(S(O)(O)n2ccc([C@@H](O)C(C)(C)C)c2)cc1. The molecule has 0 unspecified atom stereocenters. The molecule has 0 amide bonds. The normalized spacial score (nSPS) is 15.0. The lowest BCUT2D eigenvalue weighted by molar-refractivity contribution is 0.0627. The summed E-state index contributed by atoms with van der Waals surface area (Å²) in [7, 11) is -3.11. The van der Waals surface area contributed by atoms with Crippen LogP contribution in [0.3, 0.4) is 0 Å². The van der Waals surface area contributed by atoms with Crippen molar-refractivity contribution in [2.24, 2.45) is 5.41 Å². The van der Waals surface area contributed by atoms with E-state index in [4.69, 9.17) is 0 Å². The van der Waals surface area contributed by atoms with Gasteiger partial charge in [0.15, 0.2) is 0 Å². The summed E-state index contributed by atoms with van der Waals surface area (Å²) >= 11 is 0. The Balaban J connectivity index is 2.34. The first-order valence-corrected chi connectivity index (χ1v) is 8.34. The van der Waals surface area contributed by atoms with Crippen molar-refractivity contribution in [3.8, 4) is 0 Å². The summed E-state index contributed by atoms with van der Waals surface area (Å²) in [5.74, 6) is 0. The first-order chi connectivity index (χ1) is 9.62. The summed E-state index contributed by atoms with van der Waals surface area (Å²) in [6, 6.07) is 8.84. The lowest BCUT2D eigenvalue weighted by Gasteiger charge is -2.34. The molecule has 0 radical (unpaired) electrons. The minimum absolute atomic E-state index is 0.307. The topological polar surface area (TPSA) is 65.6 Å². The van der Waals surface area contributed by atoms with Crippen LogP contribution in [-0.4, -0.2) is 18.2 Å². The zero-order chi connectivity index (χ0) is 15.8. The van der Waals surface area contributed by atoms with E-state index in [9.17, 15) is 14.2 Å². The van der Waals surface area contributed by atoms with Crippen LogP contribution in [-0.2, 0) is 0 Å². The molecule has 21 heavy (non-hydrogen) atoms. The van der Waals surface area contributed by atoms with Crippen molar-refractivity contribution in [1.82, 2.24) is 3.97 Å². The van der Waals surface area contributed by atoms with E-state index in [0.29, 0.717) is 10.5 Å². The lowest BCUT2D eigenvalue weighted by Crippen LogP contribution is -2.17. The highest BCUT2D eigenvalue weighted by atomic mass is 32.3. The number of hydrogen-bond acceptors (Lipinski definition) is 3. The second-order valence-electron chi connectivity index (χ2n) is 6.41. The van der Waals surface area contributed by atoms with Crippen LogP contribution in [0, 0.1) is 12.3 Å². The highest BCUT2D eigenvalue weighted by Gasteiger charge is 2.26. The minimum atomic E-state index is -3.11. The average Bonchev–Trinajstić information content (AvgIpc) is 2.87. The quantitative estimate of drug-likeness (QED) is 0.785. The minimum Gasteiger partial charge on any atom is -0.388 e. The van der Waals surface area contributed by atoms with Gasteiger partial charge in [-0.1, -0.05) is 49.2 Å². The molecule has 0 fully saturated rings. The predicted octanol–water partition coefficient (Wildman–Crippen LogP) is 4.45. The molecule has 116 valence electrons. The molecule has 0 bridgehead atoms. The largest absolute Gasteiger partial charge is 0.388 e. The molecule has 0 aliphatic carbocycles. The Morgan fingerprint density at radius 2 is 1.62 bits per heavy atom. The third kappa shape index (κ3) is 3.32. The number of aryl methyl sites for hydroxylation is 1. The molecule has 1 aromatic heterocycles. The van der Waals surface area contributed by atoms with E-state index in [1.807, 2.05) is 39.8 Å². The molecular weight excluding hydrogens is 286 g/mol. The van der Waals surface area contributed by atoms with Crippen LogP contribution in [0.2, 0.25) is 0 Å². The van der Waals surface area contributed by atoms with Gasteiger partial charge in [0.25, 0.3) is 0 Å². The number of aliphatic hydroxyl groups is 1. The van der Waals surface area contributed by atoms with Crippen LogP contribution in [0.4, 0.5) is 0 Å². The van der Waals surface area contributed by atoms with Crippen LogP contribution < -0.4 is 0 Å². The Morgan fingerprint density at radius 3 is 2.14 bits per heavy atom. The molecular formula is C16H23NO3S. The van der Waals surface area contributed by atoms with Crippen LogP contribution in [0.15, 0.2) is 47.6 Å². The van der Waals surface area contributed by atoms with Gasteiger partial charge in [-0.05, 0) is 30.5 Å². The van der Waals surface area contributed by atoms with E-state index in [2.05, 4.69) is 0 Å². The standard InChI is InChI=1S/C16H23NO3S/c1-12-5-7-14(8-6-12)21(19,20)17-10-9-13(11-17)15(18)16(2,3)4/h5-11,15,18-20H,1-4H3/t15-/m1/s1. The second kappa shape index (κ2) is 5.50. The van der Waals surface area contributed by atoms with Crippen molar-refractivity contribution in [2.45, 2.75) is 38.7 Å². The van der Waals surface area contributed by atoms with Crippen molar-refractivity contribution in [1.29, 1.82) is 0 Å². The Bertz CT molecular complexity index is 611. The van der Waals surface area contributed by atoms with Crippen molar-refractivity contribution in [3.63, 3.8) is 0 Å². The number of nitrogens with zero attached hydrogens (tertiary/aromatic N) is 1. The summed E-state index contributed by atoms with van der Waals surface area (Å²) < 4.78 is 22.3. The van der Waals surface area contributed by atoms with Crippen LogP contribution in [0.5, 0.6) is 0 Å². The molecule has 0 spiro atoms. The zero-order valence-electron chi connectivity index (χ0n) is 12.8. The van der Waals surface area contributed by atoms with Crippen LogP contribution in [0.1, 0.15) is 38.0 Å². The maximum atomic E-state index is 10.5. The van der Waals surface area contributed by atoms with E-state index in [1.165, 1.54) is 3.97 Å². The summed E-state index contributed by atoms with van der Waals surface area (Å²) in [5, 5.41) is 10.3. The molecule has 1 aromatic carbocycles. The molecule has 4 nitrogen and oxygen atoms in total. The fraction of sp³-hybridized carbons (Fsp3) is 0.375. The van der Waals surface area contributed by atoms with E-state index in [1.54, 1.807) is 30.6 Å². The fourth-order valence-electron chi connectivity index (χ4n) is 2.06. The van der Waals surface area contributed by atoms with Gasteiger partial charge in [0.05, 0.1) is 11.0 Å². The maximum absolute atomic E-state index is 10.5. The molecule has 1 atom stereocenters. The van der Waals surface area contributed by atoms with Gasteiger partial charge in [0, 0.05) is 18.0 Å². The van der Waals surface area contributed by atoms with Gasteiger partial charge >= 0.3 is 0 Å². The first kappa shape index (κ1) is 16.1. The first-order valence-electron chi connectivity index (χ1n) is 6.84. The Labute approximate surface area is 127 Å². The molecule has 3 N–H and O–H groups in total. The molecule has 0 saturated heterocycles. The molecule has 1 heterocycles. The van der Waals surface area contributed by atoms with E-state index < -0.39 is 16.9 Å². The number of aliphatic hydroxyl groups excluding tert-OH is 1. The van der Waals surface area contributed by atoms with Crippen LogP contribution in [0.25, 0.3) is 0 Å². The van der Waals surface area contributed by atoms with Gasteiger partial charge in [-0.3, -0.25) is 13.1 Å². The van der Waals surface area contributed by atoms with Crippen molar-refractivity contribution in [3.05, 3.63) is 53.9 Å². The highest BCUT2D eigenvalue weighted by molar-refractivity contribution is 8.23. The van der Waals surface area contributed by atoms with Crippen molar-refractivity contribution >= 4 is 10.8 Å². The van der Waals surface area contributed by atoms with Gasteiger partial charge in [-0.15, -0.1) is 0 Å². The van der Waals surface area contributed by atoms with Crippen LogP contribution >= 0.6 is 10.8 Å². The highest BCUT2D eigenvalue weighted by Crippen LogP contribution is 2.50. The third-order valence-corrected chi connectivity index (χ3v) is 5.18. The Kier molecular flexibility index (Phi) is 4.22. The van der Waals surface area contributed by atoms with Crippen molar-refractivity contribution < 1.29 is 14.2 Å². The smallest absolute Gasteiger partial charge is 0.0853 e. The molecule has 0 saturated carbocycles. The van der Waals surface area contributed by atoms with E-state index in [-0.39, 0.29) is 5.41 Å². The van der Waals surface area contributed by atoms with Gasteiger partial charge in [-0.25, -0.2) is 0 Å². The van der Waals surface area contributed by atoms with E-state index >= 15 is 0 Å². The predicted molar refractivity (Wildman–Crippen MR) is 86.5 cm³/mol.